The van der Waals surface area contributed by atoms with Gasteiger partial charge in [0.1, 0.15) is 69.6 Å². The molecule has 4 heterocycles. The van der Waals surface area contributed by atoms with Crippen molar-refractivity contribution in [2.45, 2.75) is 6.42 Å². The van der Waals surface area contributed by atoms with Crippen LogP contribution in [0.15, 0.2) is 56.9 Å². The van der Waals surface area contributed by atoms with Crippen LogP contribution in [0.5, 0.6) is 11.5 Å². The highest BCUT2D eigenvalue weighted by Crippen LogP contribution is 2.54. The number of ether oxygens (including phenoxy) is 2. The van der Waals surface area contributed by atoms with Crippen LogP contribution in [-0.2, 0) is 0 Å². The van der Waals surface area contributed by atoms with Gasteiger partial charge in [0.2, 0.25) is 0 Å². The summed E-state index contributed by atoms with van der Waals surface area (Å²) in [6.07, 6.45) is 8.43. The highest BCUT2D eigenvalue weighted by Gasteiger charge is 2.29. The van der Waals surface area contributed by atoms with Crippen LogP contribution >= 0.6 is 11.3 Å². The molecule has 0 saturated carbocycles. The second-order valence-corrected chi connectivity index (χ2v) is 8.15. The van der Waals surface area contributed by atoms with Crippen molar-refractivity contribution < 1.29 is 18.3 Å². The van der Waals surface area contributed by atoms with Gasteiger partial charge in [0.15, 0.2) is 11.5 Å². The summed E-state index contributed by atoms with van der Waals surface area (Å²) in [5, 5.41) is 35.4. The van der Waals surface area contributed by atoms with Gasteiger partial charge < -0.3 is 18.3 Å². The Morgan fingerprint density at radius 2 is 1.43 bits per heavy atom. The molecule has 0 unspecified atom stereocenters. The van der Waals surface area contributed by atoms with Crippen LogP contribution in [0.25, 0.3) is 33.4 Å². The molecule has 8 nitrogen and oxygen atoms in total. The lowest BCUT2D eigenvalue weighted by Gasteiger charge is -2.16. The molecule has 0 amide bonds. The molecular weight excluding hydrogens is 464 g/mol. The van der Waals surface area contributed by atoms with Gasteiger partial charge in [-0.15, -0.1) is 11.3 Å². The third kappa shape index (κ3) is 5.18. The molecule has 170 valence electrons. The molecule has 0 aliphatic carbocycles. The van der Waals surface area contributed by atoms with Gasteiger partial charge in [0.25, 0.3) is 0 Å². The lowest BCUT2D eigenvalue weighted by molar-refractivity contribution is 0.174. The van der Waals surface area contributed by atoms with Gasteiger partial charge in [-0.05, 0) is 48.9 Å². The first-order valence-corrected chi connectivity index (χ1v) is 11.3. The summed E-state index contributed by atoms with van der Waals surface area (Å²) < 4.78 is 23.7. The average molecular weight is 481 g/mol. The normalized spacial score (nSPS) is 12.3. The second kappa shape index (κ2) is 10.8. The molecule has 0 saturated heterocycles. The van der Waals surface area contributed by atoms with Crippen LogP contribution in [-0.4, -0.2) is 13.2 Å². The topological polar surface area (TPSA) is 140 Å². The van der Waals surface area contributed by atoms with Crippen LogP contribution < -0.4 is 9.47 Å². The van der Waals surface area contributed by atoms with Crippen molar-refractivity contribution >= 4 is 23.5 Å². The molecule has 9 heteroatoms. The van der Waals surface area contributed by atoms with Crippen molar-refractivity contribution in [1.29, 1.82) is 21.0 Å². The highest BCUT2D eigenvalue weighted by molar-refractivity contribution is 7.19. The predicted octanol–water partition coefficient (Wildman–Crippen LogP) is 6.09. The summed E-state index contributed by atoms with van der Waals surface area (Å²) in [5.41, 5.74) is -0.00171. The smallest absolute Gasteiger partial charge is 0.183 e. The Balaban J connectivity index is 1.60. The van der Waals surface area contributed by atoms with E-state index in [0.717, 1.165) is 9.75 Å². The SMILES string of the molecule is N#CC(C#N)=C/C=C/c1ccc(-c2sc(-c3ccc(/C=C/CC(C#N)C#N)o3)c3c2OCCO3)o1. The monoisotopic (exact) mass is 480 g/mol. The van der Waals surface area contributed by atoms with Gasteiger partial charge in [-0.1, -0.05) is 12.2 Å². The molecular formula is C26H16N4O4S. The standard InChI is InChI=1S/C26H16N4O4S/c27-13-17(14-28)3-1-5-19-7-9-21(33-19)25-23-24(32-12-11-31-23)26(35-25)22-10-8-20(34-22)6-2-4-18(15-29)16-30/h1-3,5-10,18H,4,11-12H2/b5-1+,6-2+. The van der Waals surface area contributed by atoms with E-state index in [1.807, 2.05) is 24.3 Å². The fourth-order valence-corrected chi connectivity index (χ4v) is 4.31. The maximum atomic E-state index is 8.88. The Hall–Kier alpha value is -4.96. The molecule has 35 heavy (non-hydrogen) atoms. The van der Waals surface area contributed by atoms with E-state index in [1.54, 1.807) is 48.6 Å². The average Bonchev–Trinajstić information content (AvgIpc) is 3.63. The predicted molar refractivity (Wildman–Crippen MR) is 127 cm³/mol. The summed E-state index contributed by atoms with van der Waals surface area (Å²) in [5.74, 6) is 2.78. The quantitative estimate of drug-likeness (QED) is 0.292. The van der Waals surface area contributed by atoms with E-state index in [0.29, 0.717) is 54.2 Å². The number of nitriles is 4. The van der Waals surface area contributed by atoms with Crippen molar-refractivity contribution in [2.24, 2.45) is 5.92 Å². The van der Waals surface area contributed by atoms with Gasteiger partial charge >= 0.3 is 0 Å². The Labute approximate surface area is 205 Å². The lowest BCUT2D eigenvalue weighted by Crippen LogP contribution is -2.14. The summed E-state index contributed by atoms with van der Waals surface area (Å²) in [6, 6.07) is 14.7. The Morgan fingerprint density at radius 1 is 0.857 bits per heavy atom. The summed E-state index contributed by atoms with van der Waals surface area (Å²) in [4.78, 5) is 1.50. The molecule has 3 aromatic heterocycles. The van der Waals surface area contributed by atoms with Gasteiger partial charge in [0, 0.05) is 0 Å². The van der Waals surface area contributed by atoms with E-state index in [-0.39, 0.29) is 5.57 Å². The Morgan fingerprint density at radius 3 is 1.97 bits per heavy atom. The Kier molecular flexibility index (Phi) is 7.14. The molecule has 0 N–H and O–H groups in total. The van der Waals surface area contributed by atoms with Gasteiger partial charge in [-0.25, -0.2) is 0 Å². The first-order chi connectivity index (χ1) is 17.2. The lowest BCUT2D eigenvalue weighted by atomic mass is 10.1. The zero-order valence-electron chi connectivity index (χ0n) is 18.2. The van der Waals surface area contributed by atoms with Crippen molar-refractivity contribution in [3.05, 3.63) is 59.6 Å². The minimum absolute atomic E-state index is 0.00171. The van der Waals surface area contributed by atoms with Crippen LogP contribution in [0.2, 0.25) is 0 Å². The number of allylic oxidation sites excluding steroid dienone is 4. The number of furan rings is 2. The Bertz CT molecular complexity index is 1460. The van der Waals surface area contributed by atoms with Crippen molar-refractivity contribution in [2.75, 3.05) is 13.2 Å². The number of nitrogens with zero attached hydrogens (tertiary/aromatic N) is 4. The van der Waals surface area contributed by atoms with Gasteiger partial charge in [-0.3, -0.25) is 0 Å². The van der Waals surface area contributed by atoms with Crippen LogP contribution in [0.4, 0.5) is 0 Å². The second-order valence-electron chi connectivity index (χ2n) is 7.13. The van der Waals surface area contributed by atoms with E-state index < -0.39 is 5.92 Å². The summed E-state index contributed by atoms with van der Waals surface area (Å²) >= 11 is 1.41. The largest absolute Gasteiger partial charge is 0.484 e. The maximum Gasteiger partial charge on any atom is 0.183 e. The van der Waals surface area contributed by atoms with Gasteiger partial charge in [0.05, 0.1) is 12.1 Å². The van der Waals surface area contributed by atoms with Crippen molar-refractivity contribution in [1.82, 2.24) is 0 Å². The molecule has 0 radical (unpaired) electrons. The number of hydrogen-bond donors (Lipinski definition) is 0. The zero-order valence-corrected chi connectivity index (χ0v) is 19.0. The third-order valence-corrected chi connectivity index (χ3v) is 6.01. The van der Waals surface area contributed by atoms with E-state index in [2.05, 4.69) is 0 Å². The first kappa shape index (κ1) is 23.2. The summed E-state index contributed by atoms with van der Waals surface area (Å²) in [7, 11) is 0. The van der Waals surface area contributed by atoms with Crippen molar-refractivity contribution in [3.63, 3.8) is 0 Å². The fraction of sp³-hybridized carbons (Fsp3) is 0.154. The zero-order chi connectivity index (χ0) is 24.6. The molecule has 0 fully saturated rings. The molecule has 1 aliphatic heterocycles. The van der Waals surface area contributed by atoms with E-state index >= 15 is 0 Å². The summed E-state index contributed by atoms with van der Waals surface area (Å²) in [6.45, 7) is 0.816. The number of fused-ring (bicyclic) bond motifs is 1. The van der Waals surface area contributed by atoms with E-state index in [1.165, 1.54) is 17.4 Å². The van der Waals surface area contributed by atoms with E-state index in [4.69, 9.17) is 39.4 Å². The molecule has 0 spiro atoms. The number of rotatable bonds is 7. The molecule has 3 aromatic rings. The molecule has 4 rings (SSSR count). The van der Waals surface area contributed by atoms with Crippen LogP contribution in [0.3, 0.4) is 0 Å². The molecule has 0 atom stereocenters. The number of hydrogen-bond acceptors (Lipinski definition) is 9. The minimum Gasteiger partial charge on any atom is -0.484 e. The highest BCUT2D eigenvalue weighted by atomic mass is 32.1. The maximum absolute atomic E-state index is 8.88. The first-order valence-electron chi connectivity index (χ1n) is 10.4. The van der Waals surface area contributed by atoms with Gasteiger partial charge in [-0.2, -0.15) is 21.0 Å². The van der Waals surface area contributed by atoms with Crippen LogP contribution in [0, 0.1) is 51.2 Å². The third-order valence-electron chi connectivity index (χ3n) is 4.83. The number of thiophene rings is 1. The van der Waals surface area contributed by atoms with Crippen LogP contribution in [0.1, 0.15) is 17.9 Å². The van der Waals surface area contributed by atoms with Crippen molar-refractivity contribution in [3.8, 4) is 57.1 Å². The molecule has 0 bridgehead atoms. The minimum atomic E-state index is -0.693. The fourth-order valence-electron chi connectivity index (χ4n) is 3.20. The molecule has 1 aliphatic rings. The molecule has 0 aromatic carbocycles. The van der Waals surface area contributed by atoms with E-state index in [9.17, 15) is 0 Å².